The van der Waals surface area contributed by atoms with Crippen molar-refractivity contribution in [3.63, 3.8) is 0 Å². The summed E-state index contributed by atoms with van der Waals surface area (Å²) in [5.41, 5.74) is 0. The molecular formula is C61H104O6. The zero-order valence-electron chi connectivity index (χ0n) is 43.9. The Bertz CT molecular complexity index is 1300. The van der Waals surface area contributed by atoms with Gasteiger partial charge in [0, 0.05) is 19.3 Å². The van der Waals surface area contributed by atoms with Crippen molar-refractivity contribution < 1.29 is 28.6 Å². The van der Waals surface area contributed by atoms with Gasteiger partial charge in [-0.1, -0.05) is 234 Å². The maximum atomic E-state index is 12.8. The van der Waals surface area contributed by atoms with Crippen LogP contribution in [0.3, 0.4) is 0 Å². The van der Waals surface area contributed by atoms with E-state index in [0.29, 0.717) is 19.3 Å². The fraction of sp³-hybridized carbons (Fsp3) is 0.721. The van der Waals surface area contributed by atoms with E-state index in [4.69, 9.17) is 14.2 Å². The fourth-order valence-corrected chi connectivity index (χ4v) is 7.68. The smallest absolute Gasteiger partial charge is 0.306 e. The Hall–Kier alpha value is -3.41. The molecule has 0 aromatic heterocycles. The lowest BCUT2D eigenvalue weighted by molar-refractivity contribution is -0.167. The molecule has 0 rings (SSSR count). The van der Waals surface area contributed by atoms with Crippen molar-refractivity contribution in [1.82, 2.24) is 0 Å². The van der Waals surface area contributed by atoms with Gasteiger partial charge in [-0.15, -0.1) is 0 Å². The molecule has 0 amide bonds. The van der Waals surface area contributed by atoms with E-state index in [2.05, 4.69) is 106 Å². The summed E-state index contributed by atoms with van der Waals surface area (Å²) >= 11 is 0. The highest BCUT2D eigenvalue weighted by atomic mass is 16.6. The molecule has 0 aliphatic rings. The third-order valence-electron chi connectivity index (χ3n) is 11.9. The highest BCUT2D eigenvalue weighted by Gasteiger charge is 2.19. The van der Waals surface area contributed by atoms with Crippen LogP contribution in [0.5, 0.6) is 0 Å². The molecule has 67 heavy (non-hydrogen) atoms. The highest BCUT2D eigenvalue weighted by molar-refractivity contribution is 5.71. The summed E-state index contributed by atoms with van der Waals surface area (Å²) in [6.07, 6.45) is 71.5. The minimum absolute atomic E-state index is 0.0855. The first-order chi connectivity index (χ1) is 33.0. The third-order valence-corrected chi connectivity index (χ3v) is 11.9. The molecule has 6 heteroatoms. The zero-order chi connectivity index (χ0) is 48.6. The summed E-state index contributed by atoms with van der Waals surface area (Å²) in [6.45, 7) is 6.48. The lowest BCUT2D eigenvalue weighted by Crippen LogP contribution is -2.30. The van der Waals surface area contributed by atoms with E-state index in [1.807, 2.05) is 0 Å². The molecule has 1 atom stereocenters. The predicted octanol–water partition coefficient (Wildman–Crippen LogP) is 18.8. The van der Waals surface area contributed by atoms with Crippen molar-refractivity contribution in [2.75, 3.05) is 13.2 Å². The van der Waals surface area contributed by atoms with Crippen LogP contribution in [0.2, 0.25) is 0 Å². The highest BCUT2D eigenvalue weighted by Crippen LogP contribution is 2.14. The van der Waals surface area contributed by atoms with Gasteiger partial charge in [0.1, 0.15) is 13.2 Å². The van der Waals surface area contributed by atoms with Crippen molar-refractivity contribution >= 4 is 17.9 Å². The Labute approximate surface area is 414 Å². The average Bonchev–Trinajstić information content (AvgIpc) is 3.33. The summed E-state index contributed by atoms with van der Waals surface area (Å²) in [4.78, 5) is 38.0. The first-order valence-corrected chi connectivity index (χ1v) is 28.1. The van der Waals surface area contributed by atoms with Crippen molar-refractivity contribution in [3.8, 4) is 0 Å². The molecule has 0 saturated carbocycles. The third kappa shape index (κ3) is 53.4. The first-order valence-electron chi connectivity index (χ1n) is 28.1. The van der Waals surface area contributed by atoms with Crippen molar-refractivity contribution in [3.05, 3.63) is 85.1 Å². The van der Waals surface area contributed by atoms with Gasteiger partial charge in [0.05, 0.1) is 0 Å². The summed E-state index contributed by atoms with van der Waals surface area (Å²) in [7, 11) is 0. The number of carbonyl (C=O) groups excluding carboxylic acids is 3. The van der Waals surface area contributed by atoms with E-state index < -0.39 is 6.10 Å². The lowest BCUT2D eigenvalue weighted by Gasteiger charge is -2.18. The SMILES string of the molecule is CC/C=C\C/C=C\C/C=C\C/C=C\C/C=C\C/C=C\CCCCCCC(=O)OCC(COC(=O)CCCCCCCCCC)OC(=O)CCCCCCCCC/C=C\CCCCCCCCC. The monoisotopic (exact) mass is 933 g/mol. The summed E-state index contributed by atoms with van der Waals surface area (Å²) < 4.78 is 16.8. The molecule has 0 aromatic rings. The van der Waals surface area contributed by atoms with Gasteiger partial charge >= 0.3 is 17.9 Å². The normalized spacial score (nSPS) is 12.7. The summed E-state index contributed by atoms with van der Waals surface area (Å²) in [5.74, 6) is -0.917. The topological polar surface area (TPSA) is 78.9 Å². The Morgan fingerprint density at radius 3 is 0.925 bits per heavy atom. The number of hydrogen-bond donors (Lipinski definition) is 0. The van der Waals surface area contributed by atoms with Crippen LogP contribution in [0.25, 0.3) is 0 Å². The minimum Gasteiger partial charge on any atom is -0.462 e. The Kier molecular flexibility index (Phi) is 52.4. The molecule has 0 aliphatic heterocycles. The van der Waals surface area contributed by atoms with E-state index in [9.17, 15) is 14.4 Å². The number of esters is 3. The van der Waals surface area contributed by atoms with Crippen molar-refractivity contribution in [1.29, 1.82) is 0 Å². The van der Waals surface area contributed by atoms with Crippen LogP contribution >= 0.6 is 0 Å². The summed E-state index contributed by atoms with van der Waals surface area (Å²) in [5, 5.41) is 0. The largest absolute Gasteiger partial charge is 0.462 e. The maximum absolute atomic E-state index is 12.8. The second-order valence-electron chi connectivity index (χ2n) is 18.5. The molecule has 6 nitrogen and oxygen atoms in total. The molecule has 0 fully saturated rings. The maximum Gasteiger partial charge on any atom is 0.306 e. The van der Waals surface area contributed by atoms with Gasteiger partial charge in [0.15, 0.2) is 6.10 Å². The van der Waals surface area contributed by atoms with E-state index in [0.717, 1.165) is 109 Å². The van der Waals surface area contributed by atoms with Crippen LogP contribution in [0, 0.1) is 0 Å². The number of ether oxygens (including phenoxy) is 3. The molecule has 0 bridgehead atoms. The molecule has 0 N–H and O–H groups in total. The van der Waals surface area contributed by atoms with Crippen LogP contribution in [0.1, 0.15) is 265 Å². The Morgan fingerprint density at radius 1 is 0.313 bits per heavy atom. The van der Waals surface area contributed by atoms with Crippen LogP contribution in [0.15, 0.2) is 85.1 Å². The molecule has 0 aliphatic carbocycles. The van der Waals surface area contributed by atoms with Gasteiger partial charge in [0.25, 0.3) is 0 Å². The molecule has 0 heterocycles. The van der Waals surface area contributed by atoms with Crippen LogP contribution in [0.4, 0.5) is 0 Å². The summed E-state index contributed by atoms with van der Waals surface area (Å²) in [6, 6.07) is 0. The van der Waals surface area contributed by atoms with Gasteiger partial charge in [-0.2, -0.15) is 0 Å². The number of rotatable bonds is 50. The molecule has 0 spiro atoms. The van der Waals surface area contributed by atoms with Crippen LogP contribution in [-0.4, -0.2) is 37.2 Å². The number of unbranched alkanes of at least 4 members (excludes halogenated alkanes) is 25. The lowest BCUT2D eigenvalue weighted by atomic mass is 10.1. The van der Waals surface area contributed by atoms with E-state index in [1.165, 1.54) is 116 Å². The van der Waals surface area contributed by atoms with E-state index >= 15 is 0 Å². The van der Waals surface area contributed by atoms with E-state index in [-0.39, 0.29) is 31.1 Å². The number of hydrogen-bond acceptors (Lipinski definition) is 6. The van der Waals surface area contributed by atoms with Crippen molar-refractivity contribution in [2.45, 2.75) is 271 Å². The Balaban J connectivity index is 4.32. The van der Waals surface area contributed by atoms with Crippen LogP contribution < -0.4 is 0 Å². The molecule has 1 unspecified atom stereocenters. The second-order valence-corrected chi connectivity index (χ2v) is 18.5. The number of allylic oxidation sites excluding steroid dienone is 14. The van der Waals surface area contributed by atoms with Gasteiger partial charge in [-0.25, -0.2) is 0 Å². The first kappa shape index (κ1) is 63.6. The van der Waals surface area contributed by atoms with E-state index in [1.54, 1.807) is 0 Å². The molecule has 0 radical (unpaired) electrons. The minimum atomic E-state index is -0.787. The van der Waals surface area contributed by atoms with Gasteiger partial charge in [-0.3, -0.25) is 14.4 Å². The second kappa shape index (κ2) is 55.2. The predicted molar refractivity (Wildman–Crippen MR) is 288 cm³/mol. The fourth-order valence-electron chi connectivity index (χ4n) is 7.68. The molecule has 384 valence electrons. The van der Waals surface area contributed by atoms with Crippen LogP contribution in [-0.2, 0) is 28.6 Å². The average molecular weight is 933 g/mol. The van der Waals surface area contributed by atoms with Crippen molar-refractivity contribution in [2.24, 2.45) is 0 Å². The number of carbonyl (C=O) groups is 3. The zero-order valence-corrected chi connectivity index (χ0v) is 43.9. The van der Waals surface area contributed by atoms with Gasteiger partial charge < -0.3 is 14.2 Å². The quantitative estimate of drug-likeness (QED) is 0.0262. The molecular weight excluding hydrogens is 829 g/mol. The molecule has 0 saturated heterocycles. The Morgan fingerprint density at radius 2 is 0.582 bits per heavy atom. The van der Waals surface area contributed by atoms with Gasteiger partial charge in [-0.05, 0) is 96.3 Å². The van der Waals surface area contributed by atoms with Gasteiger partial charge in [0.2, 0.25) is 0 Å². The molecule has 0 aromatic carbocycles. The standard InChI is InChI=1S/C61H104O6/c1-4-7-10-13-16-19-21-23-25-27-29-30-31-32-33-35-36-38-40-42-45-48-51-54-60(63)66-57-58(56-65-59(62)53-50-47-44-18-15-12-9-6-3)67-61(64)55-52-49-46-43-41-39-37-34-28-26-24-22-20-17-14-11-8-5-2/h7,10,16,19,23,25-26,28-30,32-33,36,38,58H,4-6,8-9,11-15,17-18,20-22,24,27,31,34-35,37,39-57H2,1-3H3/b10-7-,19-16-,25-23-,28-26-,30-29-,33-32-,38-36-.